The van der Waals surface area contributed by atoms with Crippen LogP contribution in [0.15, 0.2) is 36.8 Å². The molecule has 0 bridgehead atoms. The van der Waals surface area contributed by atoms with E-state index >= 15 is 0 Å². The van der Waals surface area contributed by atoms with E-state index in [1.54, 1.807) is 30.3 Å². The lowest BCUT2D eigenvalue weighted by Crippen LogP contribution is -2.39. The third kappa shape index (κ3) is 4.92. The van der Waals surface area contributed by atoms with E-state index < -0.39 is 11.7 Å². The van der Waals surface area contributed by atoms with Gasteiger partial charge in [0.25, 0.3) is 0 Å². The molecule has 172 valence electrons. The molecule has 0 aromatic carbocycles. The van der Waals surface area contributed by atoms with Crippen molar-refractivity contribution in [2.75, 3.05) is 25.6 Å². The fourth-order valence-electron chi connectivity index (χ4n) is 3.99. The molecule has 1 aliphatic heterocycles. The fourth-order valence-corrected chi connectivity index (χ4v) is 3.99. The number of aromatic nitrogens is 4. The maximum atomic E-state index is 14.4. The Morgan fingerprint density at radius 2 is 2.00 bits per heavy atom. The molecule has 1 N–H and O–H groups in total. The van der Waals surface area contributed by atoms with Crippen LogP contribution in [0.5, 0.6) is 5.88 Å². The number of nitrogens with zero attached hydrogens (tertiary/aromatic N) is 5. The van der Waals surface area contributed by atoms with Gasteiger partial charge in [-0.15, -0.1) is 0 Å². The molecular formula is C24H27FN6O2. The maximum absolute atomic E-state index is 14.4. The summed E-state index contributed by atoms with van der Waals surface area (Å²) in [4.78, 5) is 32.3. The Balaban J connectivity index is 1.56. The third-order valence-corrected chi connectivity index (χ3v) is 5.88. The van der Waals surface area contributed by atoms with Crippen LogP contribution in [0.1, 0.15) is 42.5 Å². The van der Waals surface area contributed by atoms with Gasteiger partial charge in [-0.2, -0.15) is 0 Å². The number of hydrogen-bond donors (Lipinski definition) is 1. The first kappa shape index (κ1) is 22.6. The first-order chi connectivity index (χ1) is 16.0. The second kappa shape index (κ2) is 9.89. The summed E-state index contributed by atoms with van der Waals surface area (Å²) in [5, 5.41) is 3.32. The highest BCUT2D eigenvalue weighted by molar-refractivity contribution is 5.83. The Morgan fingerprint density at radius 3 is 2.76 bits per heavy atom. The zero-order valence-corrected chi connectivity index (χ0v) is 19.0. The molecule has 0 aliphatic carbocycles. The van der Waals surface area contributed by atoms with Crippen molar-refractivity contribution >= 4 is 11.7 Å². The number of carbonyl (C=O) groups excluding carboxylic acids is 1. The normalized spacial score (nSPS) is 14.8. The van der Waals surface area contributed by atoms with Gasteiger partial charge in [0.05, 0.1) is 31.6 Å². The molecule has 8 nitrogen and oxygen atoms in total. The smallest absolute Gasteiger partial charge is 0.231 e. The number of methoxy groups -OCH3 is 1. The van der Waals surface area contributed by atoms with E-state index in [9.17, 15) is 9.18 Å². The van der Waals surface area contributed by atoms with Crippen LogP contribution in [-0.4, -0.2) is 51.1 Å². The van der Waals surface area contributed by atoms with Crippen molar-refractivity contribution < 1.29 is 13.9 Å². The van der Waals surface area contributed by atoms with Crippen molar-refractivity contribution in [3.05, 3.63) is 59.4 Å². The van der Waals surface area contributed by atoms with Crippen LogP contribution in [0.3, 0.4) is 0 Å². The quantitative estimate of drug-likeness (QED) is 0.647. The Morgan fingerprint density at radius 1 is 1.21 bits per heavy atom. The van der Waals surface area contributed by atoms with Crippen molar-refractivity contribution in [1.29, 1.82) is 0 Å². The molecule has 4 heterocycles. The summed E-state index contributed by atoms with van der Waals surface area (Å²) in [6.45, 7) is 4.48. The number of fused-ring (bicyclic) bond motifs is 1. The van der Waals surface area contributed by atoms with Gasteiger partial charge < -0.3 is 15.0 Å². The minimum atomic E-state index is -0.670. The molecule has 1 aliphatic rings. The number of pyridine rings is 2. The van der Waals surface area contributed by atoms with Gasteiger partial charge in [0, 0.05) is 36.1 Å². The summed E-state index contributed by atoms with van der Waals surface area (Å²) in [5.41, 5.74) is 3.05. The number of aryl methyl sites for hydroxylation is 2. The SMILES string of the molecule is COc1cc([C@@H](C)C(=O)N2CCCCc3cc(-c4ncccn4)c(C)nc3NC2)c(F)cn1. The Bertz CT molecular complexity index is 1140. The molecule has 0 fully saturated rings. The van der Waals surface area contributed by atoms with E-state index in [1.807, 2.05) is 6.92 Å². The van der Waals surface area contributed by atoms with Crippen molar-refractivity contribution in [3.8, 4) is 17.3 Å². The molecule has 0 unspecified atom stereocenters. The second-order valence-electron chi connectivity index (χ2n) is 8.07. The molecule has 1 amide bonds. The van der Waals surface area contributed by atoms with Crippen LogP contribution in [-0.2, 0) is 11.2 Å². The highest BCUT2D eigenvalue weighted by atomic mass is 19.1. The first-order valence-electron chi connectivity index (χ1n) is 11.0. The van der Waals surface area contributed by atoms with Gasteiger partial charge in [-0.05, 0) is 50.8 Å². The summed E-state index contributed by atoms with van der Waals surface area (Å²) in [5.74, 6) is 0.315. The average molecular weight is 451 g/mol. The summed E-state index contributed by atoms with van der Waals surface area (Å²) in [6, 6.07) is 5.35. The van der Waals surface area contributed by atoms with Gasteiger partial charge in [-0.3, -0.25) is 4.79 Å². The Hall–Kier alpha value is -3.62. The minimum Gasteiger partial charge on any atom is -0.481 e. The Kier molecular flexibility index (Phi) is 6.76. The van der Waals surface area contributed by atoms with Crippen LogP contribution in [0.2, 0.25) is 0 Å². The van der Waals surface area contributed by atoms with Crippen LogP contribution in [0.25, 0.3) is 11.4 Å². The highest BCUT2D eigenvalue weighted by Crippen LogP contribution is 2.28. The zero-order valence-electron chi connectivity index (χ0n) is 19.0. The standard InChI is InChI=1S/C24H27FN6O2/c1-15(18-12-21(33-3)28-13-20(18)25)24(32)31-10-5-4-7-17-11-19(23-26-8-6-9-27-23)16(2)30-22(17)29-14-31/h6,8-9,11-13,15H,4-5,7,10,14H2,1-3H3,(H,29,30)/t15-/m1/s1. The van der Waals surface area contributed by atoms with Crippen LogP contribution >= 0.6 is 0 Å². The second-order valence-corrected chi connectivity index (χ2v) is 8.07. The van der Waals surface area contributed by atoms with Crippen molar-refractivity contribution in [2.24, 2.45) is 0 Å². The number of amides is 1. The van der Waals surface area contributed by atoms with E-state index in [0.29, 0.717) is 12.4 Å². The molecule has 1 atom stereocenters. The summed E-state index contributed by atoms with van der Waals surface area (Å²) < 4.78 is 19.5. The predicted molar refractivity (Wildman–Crippen MR) is 122 cm³/mol. The van der Waals surface area contributed by atoms with Crippen LogP contribution in [0, 0.1) is 12.7 Å². The van der Waals surface area contributed by atoms with Crippen LogP contribution in [0.4, 0.5) is 10.2 Å². The number of ether oxygens (including phenoxy) is 1. The van der Waals surface area contributed by atoms with Gasteiger partial charge in [0.1, 0.15) is 11.6 Å². The molecular weight excluding hydrogens is 423 g/mol. The van der Waals surface area contributed by atoms with Crippen LogP contribution < -0.4 is 10.1 Å². The average Bonchev–Trinajstić information content (AvgIpc) is 2.94. The number of carbonyl (C=O) groups is 1. The van der Waals surface area contributed by atoms with E-state index in [0.717, 1.165) is 48.1 Å². The van der Waals surface area contributed by atoms with Gasteiger partial charge in [-0.25, -0.2) is 24.3 Å². The molecule has 3 aromatic heterocycles. The topological polar surface area (TPSA) is 93.1 Å². The molecule has 3 aromatic rings. The number of halogens is 1. The van der Waals surface area contributed by atoms with Crippen molar-refractivity contribution in [2.45, 2.75) is 39.0 Å². The predicted octanol–water partition coefficient (Wildman–Crippen LogP) is 3.73. The number of nitrogens with one attached hydrogen (secondary N) is 1. The first-order valence-corrected chi connectivity index (χ1v) is 11.0. The molecule has 0 saturated heterocycles. The van der Waals surface area contributed by atoms with E-state index in [1.165, 1.54) is 13.2 Å². The molecule has 0 spiro atoms. The zero-order chi connectivity index (χ0) is 23.4. The lowest BCUT2D eigenvalue weighted by molar-refractivity contribution is -0.132. The number of anilines is 1. The number of rotatable bonds is 4. The Labute approximate surface area is 192 Å². The van der Waals surface area contributed by atoms with Gasteiger partial charge in [0.15, 0.2) is 5.82 Å². The summed E-state index contributed by atoms with van der Waals surface area (Å²) in [7, 11) is 1.46. The van der Waals surface area contributed by atoms with Gasteiger partial charge in [-0.1, -0.05) is 0 Å². The van der Waals surface area contributed by atoms with Crippen molar-refractivity contribution in [3.63, 3.8) is 0 Å². The molecule has 9 heteroatoms. The maximum Gasteiger partial charge on any atom is 0.231 e. The van der Waals surface area contributed by atoms with E-state index in [4.69, 9.17) is 9.72 Å². The summed E-state index contributed by atoms with van der Waals surface area (Å²) >= 11 is 0. The highest BCUT2D eigenvalue weighted by Gasteiger charge is 2.26. The molecule has 4 rings (SSSR count). The molecule has 0 saturated carbocycles. The van der Waals surface area contributed by atoms with Crippen molar-refractivity contribution in [1.82, 2.24) is 24.8 Å². The summed E-state index contributed by atoms with van der Waals surface area (Å²) in [6.07, 6.45) is 7.06. The minimum absolute atomic E-state index is 0.163. The van der Waals surface area contributed by atoms with E-state index in [2.05, 4.69) is 26.3 Å². The molecule has 0 radical (unpaired) electrons. The largest absolute Gasteiger partial charge is 0.481 e. The number of hydrogen-bond acceptors (Lipinski definition) is 7. The third-order valence-electron chi connectivity index (χ3n) is 5.88. The van der Waals surface area contributed by atoms with Gasteiger partial charge in [0.2, 0.25) is 11.8 Å². The fraction of sp³-hybridized carbons (Fsp3) is 0.375. The lowest BCUT2D eigenvalue weighted by Gasteiger charge is -2.26. The van der Waals surface area contributed by atoms with Gasteiger partial charge >= 0.3 is 0 Å². The monoisotopic (exact) mass is 450 g/mol. The lowest BCUT2D eigenvalue weighted by atomic mass is 10.00. The molecule has 33 heavy (non-hydrogen) atoms. The van der Waals surface area contributed by atoms with E-state index in [-0.39, 0.29) is 24.0 Å².